The third-order valence-electron chi connectivity index (χ3n) is 3.12. The van der Waals surface area contributed by atoms with E-state index in [2.05, 4.69) is 26.2 Å². The summed E-state index contributed by atoms with van der Waals surface area (Å²) in [5, 5.41) is 11.0. The van der Waals surface area contributed by atoms with Gasteiger partial charge in [0.1, 0.15) is 5.75 Å². The standard InChI is InChI=1S/C12H15BrN2O3/c1-8-10(13)4-9(5-14-8)18-7-12(2-3-12)6-15-11(16)17/h4-5,15H,2-3,6-7H2,1H3,(H,16,17). The first-order valence-corrected chi connectivity index (χ1v) is 6.52. The van der Waals surface area contributed by atoms with Crippen LogP contribution < -0.4 is 10.1 Å². The number of hydrogen-bond donors (Lipinski definition) is 2. The zero-order valence-corrected chi connectivity index (χ0v) is 11.7. The second-order valence-corrected chi connectivity index (χ2v) is 5.54. The molecule has 98 valence electrons. The van der Waals surface area contributed by atoms with Gasteiger partial charge in [0.05, 0.1) is 18.5 Å². The van der Waals surface area contributed by atoms with Crippen LogP contribution in [0.1, 0.15) is 18.5 Å². The van der Waals surface area contributed by atoms with Gasteiger partial charge in [-0.2, -0.15) is 0 Å². The van der Waals surface area contributed by atoms with E-state index >= 15 is 0 Å². The van der Waals surface area contributed by atoms with Crippen LogP contribution in [0.5, 0.6) is 5.75 Å². The van der Waals surface area contributed by atoms with E-state index in [1.54, 1.807) is 6.20 Å². The minimum absolute atomic E-state index is 0.0320. The van der Waals surface area contributed by atoms with Gasteiger partial charge in [0.25, 0.3) is 0 Å². The molecule has 0 radical (unpaired) electrons. The summed E-state index contributed by atoms with van der Waals surface area (Å²) in [5.74, 6) is 0.703. The van der Waals surface area contributed by atoms with Crippen LogP contribution in [0.2, 0.25) is 0 Å². The van der Waals surface area contributed by atoms with Gasteiger partial charge >= 0.3 is 6.09 Å². The molecule has 6 heteroatoms. The highest BCUT2D eigenvalue weighted by molar-refractivity contribution is 9.10. The van der Waals surface area contributed by atoms with E-state index in [1.807, 2.05) is 13.0 Å². The molecule has 1 aromatic rings. The van der Waals surface area contributed by atoms with Gasteiger partial charge < -0.3 is 15.2 Å². The Morgan fingerprint density at radius 1 is 1.67 bits per heavy atom. The summed E-state index contributed by atoms with van der Waals surface area (Å²) < 4.78 is 6.59. The Hall–Kier alpha value is -1.30. The SMILES string of the molecule is Cc1ncc(OCC2(CNC(=O)O)CC2)cc1Br. The molecule has 1 heterocycles. The van der Waals surface area contributed by atoms with E-state index in [-0.39, 0.29) is 5.41 Å². The van der Waals surface area contributed by atoms with Crippen LogP contribution in [0.4, 0.5) is 4.79 Å². The van der Waals surface area contributed by atoms with Crippen molar-refractivity contribution in [3.63, 3.8) is 0 Å². The van der Waals surface area contributed by atoms with Crippen molar-refractivity contribution >= 4 is 22.0 Å². The summed E-state index contributed by atoms with van der Waals surface area (Å²) >= 11 is 3.40. The van der Waals surface area contributed by atoms with Gasteiger partial charge in [-0.1, -0.05) is 0 Å². The molecule has 1 aliphatic rings. The Bertz CT molecular complexity index is 461. The van der Waals surface area contributed by atoms with Crippen LogP contribution in [0, 0.1) is 12.3 Å². The number of carboxylic acid groups (broad SMARTS) is 1. The number of carbonyl (C=O) groups is 1. The molecule has 0 saturated heterocycles. The molecular weight excluding hydrogens is 300 g/mol. The Morgan fingerprint density at radius 3 is 2.94 bits per heavy atom. The minimum atomic E-state index is -0.985. The molecule has 0 unspecified atom stereocenters. The summed E-state index contributed by atoms with van der Waals surface area (Å²) in [5.41, 5.74) is 0.881. The lowest BCUT2D eigenvalue weighted by atomic mass is 10.1. The maximum absolute atomic E-state index is 10.5. The number of nitrogens with one attached hydrogen (secondary N) is 1. The first kappa shape index (κ1) is 13.1. The van der Waals surface area contributed by atoms with Crippen molar-refractivity contribution in [1.82, 2.24) is 10.3 Å². The van der Waals surface area contributed by atoms with Gasteiger partial charge in [-0.05, 0) is 41.8 Å². The lowest BCUT2D eigenvalue weighted by molar-refractivity contribution is 0.184. The number of aryl methyl sites for hydroxylation is 1. The molecule has 0 spiro atoms. The quantitative estimate of drug-likeness (QED) is 0.876. The van der Waals surface area contributed by atoms with Crippen LogP contribution >= 0.6 is 15.9 Å². The van der Waals surface area contributed by atoms with Gasteiger partial charge in [0.15, 0.2) is 0 Å². The second kappa shape index (κ2) is 5.14. The Morgan fingerprint density at radius 2 is 2.39 bits per heavy atom. The smallest absolute Gasteiger partial charge is 0.404 e. The molecule has 0 aromatic carbocycles. The van der Waals surface area contributed by atoms with Gasteiger partial charge in [-0.15, -0.1) is 0 Å². The number of amides is 1. The second-order valence-electron chi connectivity index (χ2n) is 4.69. The highest BCUT2D eigenvalue weighted by Gasteiger charge is 2.43. The van der Waals surface area contributed by atoms with Crippen LogP contribution in [-0.4, -0.2) is 29.3 Å². The predicted molar refractivity (Wildman–Crippen MR) is 69.9 cm³/mol. The summed E-state index contributed by atoms with van der Waals surface area (Å²) in [7, 11) is 0. The predicted octanol–water partition coefficient (Wildman–Crippen LogP) is 2.58. The van der Waals surface area contributed by atoms with Crippen LogP contribution in [0.25, 0.3) is 0 Å². The largest absolute Gasteiger partial charge is 0.491 e. The molecule has 5 nitrogen and oxygen atoms in total. The monoisotopic (exact) mass is 314 g/mol. The van der Waals surface area contributed by atoms with Gasteiger partial charge in [0, 0.05) is 16.4 Å². The summed E-state index contributed by atoms with van der Waals surface area (Å²) in [6.07, 6.45) is 2.68. The maximum Gasteiger partial charge on any atom is 0.404 e. The van der Waals surface area contributed by atoms with Crippen LogP contribution in [0.3, 0.4) is 0 Å². The topological polar surface area (TPSA) is 71.5 Å². The first-order chi connectivity index (χ1) is 8.51. The highest BCUT2D eigenvalue weighted by atomic mass is 79.9. The normalized spacial score (nSPS) is 16.1. The Balaban J connectivity index is 1.87. The van der Waals surface area contributed by atoms with Gasteiger partial charge in [-0.3, -0.25) is 4.98 Å². The fourth-order valence-corrected chi connectivity index (χ4v) is 1.94. The zero-order valence-electron chi connectivity index (χ0n) is 10.1. The number of ether oxygens (including phenoxy) is 1. The van der Waals surface area contributed by atoms with E-state index in [9.17, 15) is 4.79 Å². The number of halogens is 1. The van der Waals surface area contributed by atoms with E-state index in [0.717, 1.165) is 23.0 Å². The molecule has 0 bridgehead atoms. The van der Waals surface area contributed by atoms with Crippen molar-refractivity contribution in [2.24, 2.45) is 5.41 Å². The third-order valence-corrected chi connectivity index (χ3v) is 3.92. The maximum atomic E-state index is 10.5. The summed E-state index contributed by atoms with van der Waals surface area (Å²) in [4.78, 5) is 14.7. The average Bonchev–Trinajstić information content (AvgIpc) is 3.09. The minimum Gasteiger partial charge on any atom is -0.491 e. The Kier molecular flexibility index (Phi) is 3.75. The van der Waals surface area contributed by atoms with Gasteiger partial charge in [0.2, 0.25) is 0 Å². The van der Waals surface area contributed by atoms with Gasteiger partial charge in [-0.25, -0.2) is 4.79 Å². The molecule has 1 amide bonds. The third kappa shape index (κ3) is 3.35. The summed E-state index contributed by atoms with van der Waals surface area (Å²) in [6.45, 7) is 2.88. The van der Waals surface area contributed by atoms with E-state index in [0.29, 0.717) is 18.9 Å². The van der Waals surface area contributed by atoms with Crippen molar-refractivity contribution in [3.8, 4) is 5.75 Å². The van der Waals surface area contributed by atoms with Crippen molar-refractivity contribution in [3.05, 3.63) is 22.4 Å². The molecular formula is C12H15BrN2O3. The molecule has 2 N–H and O–H groups in total. The number of hydrogen-bond acceptors (Lipinski definition) is 3. The fourth-order valence-electron chi connectivity index (χ4n) is 1.62. The number of rotatable bonds is 5. The average molecular weight is 315 g/mol. The van der Waals surface area contributed by atoms with Crippen molar-refractivity contribution in [1.29, 1.82) is 0 Å². The Labute approximate surface area is 114 Å². The number of aromatic nitrogens is 1. The molecule has 0 atom stereocenters. The van der Waals surface area contributed by atoms with Crippen molar-refractivity contribution in [2.75, 3.05) is 13.2 Å². The first-order valence-electron chi connectivity index (χ1n) is 5.73. The molecule has 2 rings (SSSR count). The highest BCUT2D eigenvalue weighted by Crippen LogP contribution is 2.45. The molecule has 1 saturated carbocycles. The molecule has 1 aromatic heterocycles. The van der Waals surface area contributed by atoms with Crippen LogP contribution in [-0.2, 0) is 0 Å². The fraction of sp³-hybridized carbons (Fsp3) is 0.500. The molecule has 1 fully saturated rings. The summed E-state index contributed by atoms with van der Waals surface area (Å²) in [6, 6.07) is 1.88. The van der Waals surface area contributed by atoms with E-state index in [1.165, 1.54) is 0 Å². The molecule has 1 aliphatic carbocycles. The van der Waals surface area contributed by atoms with Crippen molar-refractivity contribution in [2.45, 2.75) is 19.8 Å². The van der Waals surface area contributed by atoms with Crippen molar-refractivity contribution < 1.29 is 14.6 Å². The zero-order chi connectivity index (χ0) is 13.2. The molecule has 18 heavy (non-hydrogen) atoms. The molecule has 0 aliphatic heterocycles. The lowest BCUT2D eigenvalue weighted by Gasteiger charge is -2.16. The van der Waals surface area contributed by atoms with Crippen LogP contribution in [0.15, 0.2) is 16.7 Å². The van der Waals surface area contributed by atoms with E-state index in [4.69, 9.17) is 9.84 Å². The lowest BCUT2D eigenvalue weighted by Crippen LogP contribution is -2.31. The number of nitrogens with zero attached hydrogens (tertiary/aromatic N) is 1. The number of pyridine rings is 1. The van der Waals surface area contributed by atoms with E-state index < -0.39 is 6.09 Å².